The van der Waals surface area contributed by atoms with Crippen molar-refractivity contribution in [2.75, 3.05) is 14.2 Å². The minimum atomic E-state index is -0.440. The molecule has 0 amide bonds. The molecule has 0 bridgehead atoms. The van der Waals surface area contributed by atoms with E-state index in [0.29, 0.717) is 0 Å². The summed E-state index contributed by atoms with van der Waals surface area (Å²) in [5.74, 6) is 0. The van der Waals surface area contributed by atoms with Gasteiger partial charge in [0.25, 0.3) is 0 Å². The van der Waals surface area contributed by atoms with Crippen LogP contribution in [0.3, 0.4) is 0 Å². The third kappa shape index (κ3) is 2.74. The molecule has 1 aromatic heterocycles. The molecule has 1 fully saturated rings. The van der Waals surface area contributed by atoms with Crippen molar-refractivity contribution in [2.24, 2.45) is 0 Å². The summed E-state index contributed by atoms with van der Waals surface area (Å²) in [6.45, 7) is 8.10. The lowest BCUT2D eigenvalue weighted by Crippen LogP contribution is -2.41. The first-order valence-electron chi connectivity index (χ1n) is 6.67. The van der Waals surface area contributed by atoms with Gasteiger partial charge in [0.05, 0.1) is 11.2 Å². The Morgan fingerprint density at radius 3 is 2.10 bits per heavy atom. The summed E-state index contributed by atoms with van der Waals surface area (Å²) >= 11 is 0. The van der Waals surface area contributed by atoms with E-state index in [0.717, 1.165) is 11.0 Å². The molecule has 110 valence electrons. The molecule has 0 aromatic carbocycles. The summed E-state index contributed by atoms with van der Waals surface area (Å²) in [5.41, 5.74) is 0.966. The molecule has 2 heterocycles. The van der Waals surface area contributed by atoms with E-state index in [4.69, 9.17) is 18.8 Å². The van der Waals surface area contributed by atoms with Gasteiger partial charge in [0.15, 0.2) is 6.29 Å². The lowest BCUT2D eigenvalue weighted by atomic mass is 9.80. The Labute approximate surface area is 120 Å². The number of aromatic nitrogens is 1. The van der Waals surface area contributed by atoms with Crippen molar-refractivity contribution in [2.45, 2.75) is 45.2 Å². The molecule has 1 aliphatic heterocycles. The monoisotopic (exact) mass is 279 g/mol. The molecule has 1 saturated heterocycles. The number of methoxy groups -OCH3 is 2. The number of ether oxygens (including phenoxy) is 2. The van der Waals surface area contributed by atoms with Gasteiger partial charge in [-0.25, -0.2) is 0 Å². The van der Waals surface area contributed by atoms with E-state index in [1.54, 1.807) is 26.6 Å². The van der Waals surface area contributed by atoms with Gasteiger partial charge in [-0.2, -0.15) is 0 Å². The molecule has 0 spiro atoms. The van der Waals surface area contributed by atoms with Crippen molar-refractivity contribution in [3.63, 3.8) is 0 Å². The summed E-state index contributed by atoms with van der Waals surface area (Å²) in [4.78, 5) is 4.22. The Hall–Kier alpha value is -0.945. The van der Waals surface area contributed by atoms with Gasteiger partial charge in [-0.05, 0) is 27.7 Å². The second-order valence-electron chi connectivity index (χ2n) is 5.94. The van der Waals surface area contributed by atoms with Gasteiger partial charge in [-0.15, -0.1) is 0 Å². The fourth-order valence-corrected chi connectivity index (χ4v) is 2.08. The molecule has 1 aliphatic rings. The highest BCUT2D eigenvalue weighted by atomic mass is 16.7. The Kier molecular flexibility index (Phi) is 4.20. The van der Waals surface area contributed by atoms with Crippen molar-refractivity contribution in [1.82, 2.24) is 4.98 Å². The molecule has 2 rings (SSSR count). The van der Waals surface area contributed by atoms with Gasteiger partial charge in [0.2, 0.25) is 0 Å². The van der Waals surface area contributed by atoms with Crippen LogP contribution in [0, 0.1) is 0 Å². The molecule has 5 nitrogen and oxygen atoms in total. The molecule has 0 unspecified atom stereocenters. The van der Waals surface area contributed by atoms with Crippen LogP contribution < -0.4 is 5.46 Å². The number of hydrogen-bond donors (Lipinski definition) is 0. The average Bonchev–Trinajstić information content (AvgIpc) is 2.60. The lowest BCUT2D eigenvalue weighted by Gasteiger charge is -2.32. The highest BCUT2D eigenvalue weighted by Crippen LogP contribution is 2.36. The molecule has 0 aliphatic carbocycles. The third-order valence-corrected chi connectivity index (χ3v) is 4.01. The fourth-order valence-electron chi connectivity index (χ4n) is 2.08. The first kappa shape index (κ1) is 15.4. The van der Waals surface area contributed by atoms with Crippen LogP contribution in [0.25, 0.3) is 0 Å². The number of pyridine rings is 1. The maximum Gasteiger partial charge on any atom is 0.496 e. The number of hydrogen-bond acceptors (Lipinski definition) is 5. The molecular formula is C14H22BNO4. The van der Waals surface area contributed by atoms with Crippen molar-refractivity contribution < 1.29 is 18.8 Å². The molecule has 0 N–H and O–H groups in total. The van der Waals surface area contributed by atoms with Crippen molar-refractivity contribution in [3.8, 4) is 0 Å². The second-order valence-corrected chi connectivity index (χ2v) is 5.94. The molecule has 6 heteroatoms. The summed E-state index contributed by atoms with van der Waals surface area (Å²) < 4.78 is 22.5. The maximum atomic E-state index is 6.01. The van der Waals surface area contributed by atoms with E-state index in [1.807, 2.05) is 33.8 Å². The summed E-state index contributed by atoms with van der Waals surface area (Å²) in [7, 11) is 2.76. The van der Waals surface area contributed by atoms with E-state index in [2.05, 4.69) is 4.98 Å². The predicted molar refractivity (Wildman–Crippen MR) is 76.7 cm³/mol. The van der Waals surface area contributed by atoms with Crippen LogP contribution >= 0.6 is 0 Å². The highest BCUT2D eigenvalue weighted by molar-refractivity contribution is 6.62. The zero-order chi connectivity index (χ0) is 15.0. The quantitative estimate of drug-likeness (QED) is 0.620. The molecule has 1 aromatic rings. The summed E-state index contributed by atoms with van der Waals surface area (Å²) in [5, 5.41) is 0. The normalized spacial score (nSPS) is 20.6. The standard InChI is InChI=1S/C14H22BNO4/c1-13(2)14(3,4)20-15(19-13)11-7-10(8-16-9-11)12(17-5)18-6/h7-9,12H,1-6H3. The molecule has 0 atom stereocenters. The van der Waals surface area contributed by atoms with Gasteiger partial charge in [0.1, 0.15) is 0 Å². The van der Waals surface area contributed by atoms with Crippen molar-refractivity contribution >= 4 is 12.6 Å². The number of nitrogens with zero attached hydrogens (tertiary/aromatic N) is 1. The molecule has 0 saturated carbocycles. The molecular weight excluding hydrogens is 257 g/mol. The summed E-state index contributed by atoms with van der Waals surface area (Å²) in [6, 6.07) is 1.94. The van der Waals surface area contributed by atoms with Crippen LogP contribution in [-0.4, -0.2) is 37.5 Å². The lowest BCUT2D eigenvalue weighted by molar-refractivity contribution is -0.106. The SMILES string of the molecule is COC(OC)c1cncc(B2OC(C)(C)C(C)(C)O2)c1. The van der Waals surface area contributed by atoms with E-state index in [1.165, 1.54) is 0 Å². The third-order valence-electron chi connectivity index (χ3n) is 4.01. The Morgan fingerprint density at radius 2 is 1.60 bits per heavy atom. The van der Waals surface area contributed by atoms with Gasteiger partial charge in [-0.1, -0.05) is 6.07 Å². The average molecular weight is 279 g/mol. The fraction of sp³-hybridized carbons (Fsp3) is 0.643. The first-order valence-corrected chi connectivity index (χ1v) is 6.67. The second kappa shape index (κ2) is 5.45. The zero-order valence-electron chi connectivity index (χ0n) is 13.0. The van der Waals surface area contributed by atoms with Gasteiger partial charge >= 0.3 is 7.12 Å². The van der Waals surface area contributed by atoms with Gasteiger partial charge in [-0.3, -0.25) is 4.98 Å². The largest absolute Gasteiger partial charge is 0.496 e. The highest BCUT2D eigenvalue weighted by Gasteiger charge is 2.51. The minimum Gasteiger partial charge on any atom is -0.399 e. The van der Waals surface area contributed by atoms with Crippen LogP contribution in [0.5, 0.6) is 0 Å². The van der Waals surface area contributed by atoms with Crippen LogP contribution in [0.15, 0.2) is 18.5 Å². The van der Waals surface area contributed by atoms with Crippen LogP contribution in [0.4, 0.5) is 0 Å². The van der Waals surface area contributed by atoms with E-state index in [-0.39, 0.29) is 11.2 Å². The first-order chi connectivity index (χ1) is 9.30. The van der Waals surface area contributed by atoms with Crippen LogP contribution in [0.2, 0.25) is 0 Å². The van der Waals surface area contributed by atoms with Crippen molar-refractivity contribution in [1.29, 1.82) is 0 Å². The summed E-state index contributed by atoms with van der Waals surface area (Å²) in [6.07, 6.45) is 3.02. The van der Waals surface area contributed by atoms with E-state index in [9.17, 15) is 0 Å². The van der Waals surface area contributed by atoms with Crippen molar-refractivity contribution in [3.05, 3.63) is 24.0 Å². The van der Waals surface area contributed by atoms with Gasteiger partial charge < -0.3 is 18.8 Å². The smallest absolute Gasteiger partial charge is 0.399 e. The van der Waals surface area contributed by atoms with Crippen LogP contribution in [0.1, 0.15) is 39.5 Å². The molecule has 0 radical (unpaired) electrons. The number of rotatable bonds is 4. The van der Waals surface area contributed by atoms with E-state index >= 15 is 0 Å². The van der Waals surface area contributed by atoms with Crippen LogP contribution in [-0.2, 0) is 18.8 Å². The van der Waals surface area contributed by atoms with Gasteiger partial charge in [0, 0.05) is 37.6 Å². The maximum absolute atomic E-state index is 6.01. The Morgan fingerprint density at radius 1 is 1.05 bits per heavy atom. The molecule has 20 heavy (non-hydrogen) atoms. The van der Waals surface area contributed by atoms with E-state index < -0.39 is 13.4 Å². The topological polar surface area (TPSA) is 49.8 Å². The Bertz CT molecular complexity index is 458. The predicted octanol–water partition coefficient (Wildman–Crippen LogP) is 1.67. The Balaban J connectivity index is 2.25. The minimum absolute atomic E-state index is 0.365. The zero-order valence-corrected chi connectivity index (χ0v) is 13.0.